The van der Waals surface area contributed by atoms with Gasteiger partial charge in [-0.15, -0.1) is 0 Å². The number of anilines is 1. The molecule has 1 N–H and O–H groups in total. The Morgan fingerprint density at radius 3 is 2.46 bits per heavy atom. The Hall–Kier alpha value is -3.11. The predicted molar refractivity (Wildman–Crippen MR) is 92.3 cm³/mol. The summed E-state index contributed by atoms with van der Waals surface area (Å²) >= 11 is 0. The van der Waals surface area contributed by atoms with Crippen LogP contribution < -0.4 is 5.32 Å². The maximum absolute atomic E-state index is 12.4. The number of nitrogens with one attached hydrogen (secondary N) is 1. The molecule has 3 amide bonds. The van der Waals surface area contributed by atoms with Crippen molar-refractivity contribution in [2.45, 2.75) is 19.5 Å². The molecule has 28 heavy (non-hydrogen) atoms. The van der Waals surface area contributed by atoms with Crippen LogP contribution in [0.2, 0.25) is 0 Å². The number of piperazine rings is 1. The number of nitrogens with zero attached hydrogens (tertiary/aromatic N) is 4. The smallest absolute Gasteiger partial charge is 0.339 e. The number of benzene rings is 1. The number of hydrogen-bond donors (Lipinski definition) is 1. The van der Waals surface area contributed by atoms with E-state index in [1.165, 1.54) is 4.90 Å². The molecule has 1 aliphatic heterocycles. The fraction of sp³-hybridized carbons (Fsp3) is 0.412. The third-order valence-electron chi connectivity index (χ3n) is 4.17. The van der Waals surface area contributed by atoms with Crippen molar-refractivity contribution in [3.05, 3.63) is 30.2 Å². The SMILES string of the molecule is Cc1nc(-c2cccc(NC(=O)N3CCN(C(=O)CC(F)(F)F)CC3)c2)no1. The Balaban J connectivity index is 1.56. The van der Waals surface area contributed by atoms with Gasteiger partial charge in [0.05, 0.1) is 0 Å². The van der Waals surface area contributed by atoms with Crippen molar-refractivity contribution in [3.63, 3.8) is 0 Å². The number of amides is 3. The normalized spacial score (nSPS) is 14.9. The lowest BCUT2D eigenvalue weighted by Crippen LogP contribution is -2.52. The van der Waals surface area contributed by atoms with Gasteiger partial charge in [-0.3, -0.25) is 4.79 Å². The summed E-state index contributed by atoms with van der Waals surface area (Å²) in [4.78, 5) is 30.7. The molecule has 0 atom stereocenters. The number of urea groups is 1. The van der Waals surface area contributed by atoms with Crippen LogP contribution in [0.3, 0.4) is 0 Å². The molecule has 1 saturated heterocycles. The first-order valence-corrected chi connectivity index (χ1v) is 8.52. The fourth-order valence-corrected chi connectivity index (χ4v) is 2.80. The topological polar surface area (TPSA) is 91.6 Å². The minimum Gasteiger partial charge on any atom is -0.339 e. The van der Waals surface area contributed by atoms with Gasteiger partial charge in [-0.05, 0) is 12.1 Å². The lowest BCUT2D eigenvalue weighted by molar-refractivity contribution is -0.162. The zero-order valence-corrected chi connectivity index (χ0v) is 15.0. The number of alkyl halides is 3. The summed E-state index contributed by atoms with van der Waals surface area (Å²) in [7, 11) is 0. The Morgan fingerprint density at radius 2 is 1.86 bits per heavy atom. The molecule has 0 bridgehead atoms. The molecule has 0 aliphatic carbocycles. The molecule has 11 heteroatoms. The maximum atomic E-state index is 12.4. The van der Waals surface area contributed by atoms with E-state index in [9.17, 15) is 22.8 Å². The molecule has 0 radical (unpaired) electrons. The zero-order chi connectivity index (χ0) is 20.3. The van der Waals surface area contributed by atoms with Gasteiger partial charge in [-0.25, -0.2) is 4.79 Å². The van der Waals surface area contributed by atoms with E-state index < -0.39 is 24.5 Å². The van der Waals surface area contributed by atoms with Gasteiger partial charge < -0.3 is 19.6 Å². The Labute approximate surface area is 158 Å². The molecule has 3 rings (SSSR count). The first-order chi connectivity index (χ1) is 13.2. The van der Waals surface area contributed by atoms with Crippen LogP contribution >= 0.6 is 0 Å². The van der Waals surface area contributed by atoms with Gasteiger partial charge in [-0.1, -0.05) is 17.3 Å². The number of rotatable bonds is 3. The molecule has 2 aromatic rings. The highest BCUT2D eigenvalue weighted by molar-refractivity contribution is 5.90. The Bertz CT molecular complexity index is 860. The largest absolute Gasteiger partial charge is 0.397 e. The zero-order valence-electron chi connectivity index (χ0n) is 15.0. The number of hydrogen-bond acceptors (Lipinski definition) is 5. The van der Waals surface area contributed by atoms with Gasteiger partial charge in [0, 0.05) is 44.4 Å². The van der Waals surface area contributed by atoms with E-state index in [0.29, 0.717) is 23.0 Å². The van der Waals surface area contributed by atoms with E-state index in [0.717, 1.165) is 4.90 Å². The number of carbonyl (C=O) groups excluding carboxylic acids is 2. The fourth-order valence-electron chi connectivity index (χ4n) is 2.80. The maximum Gasteiger partial charge on any atom is 0.397 e. The summed E-state index contributed by atoms with van der Waals surface area (Å²) in [5.74, 6) is -0.163. The number of halogens is 3. The summed E-state index contributed by atoms with van der Waals surface area (Å²) < 4.78 is 41.9. The quantitative estimate of drug-likeness (QED) is 0.860. The van der Waals surface area contributed by atoms with Crippen molar-refractivity contribution >= 4 is 17.6 Å². The molecule has 0 saturated carbocycles. The minimum atomic E-state index is -4.53. The molecule has 1 aromatic heterocycles. The molecule has 150 valence electrons. The summed E-state index contributed by atoms with van der Waals surface area (Å²) in [6, 6.07) is 6.47. The molecule has 0 spiro atoms. The van der Waals surface area contributed by atoms with Crippen LogP contribution in [0.15, 0.2) is 28.8 Å². The molecule has 1 fully saturated rings. The van der Waals surface area contributed by atoms with Gasteiger partial charge in [-0.2, -0.15) is 18.2 Å². The van der Waals surface area contributed by atoms with Gasteiger partial charge >= 0.3 is 12.2 Å². The molecule has 1 aromatic carbocycles. The lowest BCUT2D eigenvalue weighted by Gasteiger charge is -2.34. The van der Waals surface area contributed by atoms with Crippen LogP contribution in [0.1, 0.15) is 12.3 Å². The lowest BCUT2D eigenvalue weighted by atomic mass is 10.2. The second-order valence-electron chi connectivity index (χ2n) is 6.31. The second kappa shape index (κ2) is 7.87. The predicted octanol–water partition coefficient (Wildman–Crippen LogP) is 2.67. The van der Waals surface area contributed by atoms with Crippen molar-refractivity contribution < 1.29 is 27.3 Å². The third kappa shape index (κ3) is 4.99. The molecule has 1 aliphatic rings. The average molecular weight is 397 g/mol. The molecular weight excluding hydrogens is 379 g/mol. The molecular formula is C17H18F3N5O3. The van der Waals surface area contributed by atoms with E-state index in [1.807, 2.05) is 0 Å². The highest BCUT2D eigenvalue weighted by Crippen LogP contribution is 2.22. The van der Waals surface area contributed by atoms with Crippen molar-refractivity contribution in [2.75, 3.05) is 31.5 Å². The van der Waals surface area contributed by atoms with E-state index in [4.69, 9.17) is 4.52 Å². The summed E-state index contributed by atoms with van der Waals surface area (Å²) in [6.07, 6.45) is -6.02. The summed E-state index contributed by atoms with van der Waals surface area (Å²) in [6.45, 7) is 2.09. The van der Waals surface area contributed by atoms with Gasteiger partial charge in [0.2, 0.25) is 17.6 Å². The van der Waals surface area contributed by atoms with Crippen molar-refractivity contribution in [3.8, 4) is 11.4 Å². The molecule has 8 nitrogen and oxygen atoms in total. The Kier molecular flexibility index (Phi) is 5.52. The monoisotopic (exact) mass is 397 g/mol. The second-order valence-corrected chi connectivity index (χ2v) is 6.31. The van der Waals surface area contributed by atoms with Gasteiger partial charge in [0.1, 0.15) is 6.42 Å². The van der Waals surface area contributed by atoms with Crippen molar-refractivity contribution in [2.24, 2.45) is 0 Å². The third-order valence-corrected chi connectivity index (χ3v) is 4.17. The number of aromatic nitrogens is 2. The average Bonchev–Trinajstić information content (AvgIpc) is 3.07. The van der Waals surface area contributed by atoms with E-state index in [-0.39, 0.29) is 26.2 Å². The van der Waals surface area contributed by atoms with E-state index >= 15 is 0 Å². The van der Waals surface area contributed by atoms with Gasteiger partial charge in [0.25, 0.3) is 0 Å². The minimum absolute atomic E-state index is 0.0600. The van der Waals surface area contributed by atoms with Crippen LogP contribution in [0, 0.1) is 6.92 Å². The summed E-state index contributed by atoms with van der Waals surface area (Å²) in [5.41, 5.74) is 1.18. The molecule has 2 heterocycles. The van der Waals surface area contributed by atoms with E-state index in [1.54, 1.807) is 31.2 Å². The number of carbonyl (C=O) groups is 2. The molecule has 0 unspecified atom stereocenters. The Morgan fingerprint density at radius 1 is 1.18 bits per heavy atom. The van der Waals surface area contributed by atoms with Crippen LogP contribution in [-0.2, 0) is 4.79 Å². The number of aryl methyl sites for hydroxylation is 1. The first kappa shape index (κ1) is 19.6. The van der Waals surface area contributed by atoms with Crippen LogP contribution in [0.25, 0.3) is 11.4 Å². The highest BCUT2D eigenvalue weighted by Gasteiger charge is 2.34. The van der Waals surface area contributed by atoms with Crippen LogP contribution in [0.5, 0.6) is 0 Å². The van der Waals surface area contributed by atoms with Crippen LogP contribution in [0.4, 0.5) is 23.7 Å². The van der Waals surface area contributed by atoms with Gasteiger partial charge in [0.15, 0.2) is 0 Å². The highest BCUT2D eigenvalue weighted by atomic mass is 19.4. The van der Waals surface area contributed by atoms with Crippen molar-refractivity contribution in [1.29, 1.82) is 0 Å². The first-order valence-electron chi connectivity index (χ1n) is 8.52. The van der Waals surface area contributed by atoms with E-state index in [2.05, 4.69) is 15.5 Å². The summed E-state index contributed by atoms with van der Waals surface area (Å²) in [5, 5.41) is 6.55. The standard InChI is InChI=1S/C17H18F3N5O3/c1-11-21-15(23-28-11)12-3-2-4-13(9-12)22-16(27)25-7-5-24(6-8-25)14(26)10-17(18,19)20/h2-4,9H,5-8,10H2,1H3,(H,22,27). The van der Waals surface area contributed by atoms with Crippen LogP contribution in [-0.4, -0.2) is 64.2 Å². The van der Waals surface area contributed by atoms with Crippen molar-refractivity contribution in [1.82, 2.24) is 19.9 Å².